The Hall–Kier alpha value is -2.29. The number of aryl methyl sites for hydroxylation is 3. The fourth-order valence-electron chi connectivity index (χ4n) is 3.29. The van der Waals surface area contributed by atoms with Crippen LogP contribution in [0.3, 0.4) is 0 Å². The van der Waals surface area contributed by atoms with Crippen LogP contribution in [0.25, 0.3) is 11.0 Å². The summed E-state index contributed by atoms with van der Waals surface area (Å²) in [6.45, 7) is 10.4. The minimum Gasteiger partial charge on any atom is -0.493 e. The first kappa shape index (κ1) is 17.5. The molecule has 0 bridgehead atoms. The van der Waals surface area contributed by atoms with E-state index in [1.807, 2.05) is 0 Å². The van der Waals surface area contributed by atoms with Gasteiger partial charge in [-0.1, -0.05) is 43.7 Å². The van der Waals surface area contributed by atoms with Gasteiger partial charge in [0, 0.05) is 12.5 Å². The highest BCUT2D eigenvalue weighted by molar-refractivity contribution is 5.76. The fraction of sp³-hybridized carbons (Fsp3) is 0.409. The zero-order chi connectivity index (χ0) is 17.8. The minimum atomic E-state index is 0.429. The van der Waals surface area contributed by atoms with E-state index in [1.165, 1.54) is 22.5 Å². The molecule has 132 valence electrons. The summed E-state index contributed by atoms with van der Waals surface area (Å²) in [6.07, 6.45) is 2.13. The summed E-state index contributed by atoms with van der Waals surface area (Å²) in [5.74, 6) is 2.61. The number of ether oxygens (including phenoxy) is 1. The molecule has 0 N–H and O–H groups in total. The largest absolute Gasteiger partial charge is 0.493 e. The van der Waals surface area contributed by atoms with Crippen LogP contribution in [0.15, 0.2) is 42.5 Å². The molecule has 3 nitrogen and oxygen atoms in total. The first-order valence-corrected chi connectivity index (χ1v) is 9.21. The number of rotatable bonds is 7. The number of para-hydroxylation sites is 2. The maximum Gasteiger partial charge on any atom is 0.122 e. The molecule has 0 atom stereocenters. The first-order valence-electron chi connectivity index (χ1n) is 9.21. The summed E-state index contributed by atoms with van der Waals surface area (Å²) < 4.78 is 8.32. The van der Waals surface area contributed by atoms with Gasteiger partial charge in [0.05, 0.1) is 17.6 Å². The van der Waals surface area contributed by atoms with Crippen LogP contribution in [0.5, 0.6) is 5.75 Å². The lowest BCUT2D eigenvalue weighted by atomic mass is 10.1. The Kier molecular flexibility index (Phi) is 5.42. The lowest BCUT2D eigenvalue weighted by molar-refractivity contribution is 0.301. The molecule has 0 amide bonds. The van der Waals surface area contributed by atoms with Gasteiger partial charge in [-0.3, -0.25) is 0 Å². The standard InChI is InChI=1S/C22H28N2O/c1-16(2)22-23-19-9-5-6-10-20(19)24(22)13-7-8-14-25-21-12-11-17(3)15-18(21)4/h5-6,9-12,15-16H,7-8,13-14H2,1-4H3. The zero-order valence-electron chi connectivity index (χ0n) is 15.7. The Labute approximate surface area is 150 Å². The topological polar surface area (TPSA) is 27.1 Å². The second-order valence-electron chi connectivity index (χ2n) is 7.09. The molecule has 1 aromatic heterocycles. The second-order valence-corrected chi connectivity index (χ2v) is 7.09. The molecule has 3 aromatic rings. The molecule has 0 spiro atoms. The van der Waals surface area contributed by atoms with Gasteiger partial charge in [-0.2, -0.15) is 0 Å². The van der Waals surface area contributed by atoms with Crippen molar-refractivity contribution in [2.24, 2.45) is 0 Å². The van der Waals surface area contributed by atoms with E-state index in [9.17, 15) is 0 Å². The molecule has 1 heterocycles. The predicted molar refractivity (Wildman–Crippen MR) is 104 cm³/mol. The van der Waals surface area contributed by atoms with Crippen molar-refractivity contribution >= 4 is 11.0 Å². The van der Waals surface area contributed by atoms with E-state index in [4.69, 9.17) is 9.72 Å². The van der Waals surface area contributed by atoms with E-state index >= 15 is 0 Å². The van der Waals surface area contributed by atoms with Gasteiger partial charge in [-0.25, -0.2) is 4.98 Å². The Morgan fingerprint density at radius 3 is 2.60 bits per heavy atom. The summed E-state index contributed by atoms with van der Waals surface area (Å²) in [4.78, 5) is 4.81. The molecule has 3 heteroatoms. The van der Waals surface area contributed by atoms with Crippen molar-refractivity contribution in [3.05, 3.63) is 59.4 Å². The molecule has 0 saturated carbocycles. The van der Waals surface area contributed by atoms with Crippen LogP contribution >= 0.6 is 0 Å². The number of imidazole rings is 1. The van der Waals surface area contributed by atoms with Crippen molar-refractivity contribution in [2.75, 3.05) is 6.61 Å². The number of unbranched alkanes of at least 4 members (excludes halogenated alkanes) is 1. The molecular formula is C22H28N2O. The van der Waals surface area contributed by atoms with Crippen LogP contribution in [0, 0.1) is 13.8 Å². The Morgan fingerprint density at radius 2 is 1.84 bits per heavy atom. The van der Waals surface area contributed by atoms with Crippen molar-refractivity contribution in [3.63, 3.8) is 0 Å². The van der Waals surface area contributed by atoms with Gasteiger partial charge < -0.3 is 9.30 Å². The highest BCUT2D eigenvalue weighted by Gasteiger charge is 2.12. The summed E-state index contributed by atoms with van der Waals surface area (Å²) >= 11 is 0. The minimum absolute atomic E-state index is 0.429. The fourth-order valence-corrected chi connectivity index (χ4v) is 3.29. The Balaban J connectivity index is 1.59. The van der Waals surface area contributed by atoms with Gasteiger partial charge in [0.1, 0.15) is 11.6 Å². The average Bonchev–Trinajstić information content (AvgIpc) is 2.95. The van der Waals surface area contributed by atoms with E-state index in [0.29, 0.717) is 5.92 Å². The first-order chi connectivity index (χ1) is 12.1. The molecule has 0 aliphatic heterocycles. The normalized spacial score (nSPS) is 11.4. The molecule has 0 unspecified atom stereocenters. The van der Waals surface area contributed by atoms with Crippen molar-refractivity contribution in [3.8, 4) is 5.75 Å². The lowest BCUT2D eigenvalue weighted by Crippen LogP contribution is -2.07. The van der Waals surface area contributed by atoms with Crippen molar-refractivity contribution in [1.29, 1.82) is 0 Å². The van der Waals surface area contributed by atoms with Crippen LogP contribution < -0.4 is 4.74 Å². The maximum absolute atomic E-state index is 5.95. The van der Waals surface area contributed by atoms with Crippen LogP contribution in [0.1, 0.15) is 49.6 Å². The summed E-state index contributed by atoms with van der Waals surface area (Å²) in [7, 11) is 0. The molecule has 0 aliphatic rings. The van der Waals surface area contributed by atoms with E-state index < -0.39 is 0 Å². The third kappa shape index (κ3) is 4.04. The number of aromatic nitrogens is 2. The van der Waals surface area contributed by atoms with Crippen molar-refractivity contribution < 1.29 is 4.74 Å². The van der Waals surface area contributed by atoms with Gasteiger partial charge in [-0.05, 0) is 50.5 Å². The zero-order valence-corrected chi connectivity index (χ0v) is 15.7. The predicted octanol–water partition coefficient (Wildman–Crippen LogP) is 5.64. The smallest absolute Gasteiger partial charge is 0.122 e. The third-order valence-electron chi connectivity index (χ3n) is 4.56. The molecule has 0 radical (unpaired) electrons. The molecule has 0 fully saturated rings. The van der Waals surface area contributed by atoms with Gasteiger partial charge in [0.25, 0.3) is 0 Å². The van der Waals surface area contributed by atoms with Gasteiger partial charge in [0.15, 0.2) is 0 Å². The number of hydrogen-bond acceptors (Lipinski definition) is 2. The average molecular weight is 336 g/mol. The molecule has 0 aliphatic carbocycles. The molecule has 25 heavy (non-hydrogen) atoms. The molecular weight excluding hydrogens is 308 g/mol. The number of benzene rings is 2. The number of nitrogens with zero attached hydrogens (tertiary/aromatic N) is 2. The monoisotopic (exact) mass is 336 g/mol. The van der Waals surface area contributed by atoms with E-state index in [2.05, 4.69) is 74.7 Å². The highest BCUT2D eigenvalue weighted by Crippen LogP contribution is 2.23. The van der Waals surface area contributed by atoms with E-state index in [-0.39, 0.29) is 0 Å². The summed E-state index contributed by atoms with van der Waals surface area (Å²) in [6, 6.07) is 14.8. The lowest BCUT2D eigenvalue weighted by Gasteiger charge is -2.12. The Morgan fingerprint density at radius 1 is 1.04 bits per heavy atom. The van der Waals surface area contributed by atoms with Crippen LogP contribution in [0.2, 0.25) is 0 Å². The number of fused-ring (bicyclic) bond motifs is 1. The summed E-state index contributed by atoms with van der Waals surface area (Å²) in [5.41, 5.74) is 4.82. The number of hydrogen-bond donors (Lipinski definition) is 0. The van der Waals surface area contributed by atoms with Crippen LogP contribution in [-0.2, 0) is 6.54 Å². The maximum atomic E-state index is 5.95. The van der Waals surface area contributed by atoms with Crippen molar-refractivity contribution in [2.45, 2.75) is 53.0 Å². The SMILES string of the molecule is Cc1ccc(OCCCCn2c(C(C)C)nc3ccccc32)c(C)c1. The van der Waals surface area contributed by atoms with Crippen LogP contribution in [0.4, 0.5) is 0 Å². The van der Waals surface area contributed by atoms with E-state index in [0.717, 1.165) is 37.3 Å². The van der Waals surface area contributed by atoms with Gasteiger partial charge in [-0.15, -0.1) is 0 Å². The molecule has 0 saturated heterocycles. The molecule has 3 rings (SSSR count). The molecule has 2 aromatic carbocycles. The highest BCUT2D eigenvalue weighted by atomic mass is 16.5. The van der Waals surface area contributed by atoms with Gasteiger partial charge >= 0.3 is 0 Å². The van der Waals surface area contributed by atoms with Gasteiger partial charge in [0.2, 0.25) is 0 Å². The quantitative estimate of drug-likeness (QED) is 0.522. The van der Waals surface area contributed by atoms with Crippen molar-refractivity contribution in [1.82, 2.24) is 9.55 Å². The Bertz CT molecular complexity index is 848. The van der Waals surface area contributed by atoms with Crippen LogP contribution in [-0.4, -0.2) is 16.2 Å². The summed E-state index contributed by atoms with van der Waals surface area (Å²) in [5, 5.41) is 0. The third-order valence-corrected chi connectivity index (χ3v) is 4.56. The van der Waals surface area contributed by atoms with E-state index in [1.54, 1.807) is 0 Å². The second kappa shape index (κ2) is 7.73.